The maximum Gasteiger partial charge on any atom is 0.471 e. The van der Waals surface area contributed by atoms with Gasteiger partial charge in [0.25, 0.3) is 0 Å². The van der Waals surface area contributed by atoms with Crippen LogP contribution in [-0.2, 0) is 20.8 Å². The largest absolute Gasteiger partial charge is 0.471 e. The van der Waals surface area contributed by atoms with Crippen LogP contribution in [0.1, 0.15) is 57.7 Å². The topological polar surface area (TPSA) is 115 Å². The Kier molecular flexibility index (Phi) is 8.06. The molecule has 3 atom stereocenters. The third-order valence-electron chi connectivity index (χ3n) is 5.46. The van der Waals surface area contributed by atoms with Gasteiger partial charge in [-0.05, 0) is 36.3 Å². The summed E-state index contributed by atoms with van der Waals surface area (Å²) >= 11 is 0. The number of halogens is 3. The Morgan fingerprint density at radius 3 is 2.45 bits per heavy atom. The van der Waals surface area contributed by atoms with E-state index in [2.05, 4.69) is 10.3 Å². The quantitative estimate of drug-likeness (QED) is 0.667. The fourth-order valence-electron chi connectivity index (χ4n) is 3.62. The predicted molar refractivity (Wildman–Crippen MR) is 112 cm³/mol. The Bertz CT molecular complexity index is 936. The first-order valence-electron chi connectivity index (χ1n) is 10.6. The summed E-state index contributed by atoms with van der Waals surface area (Å²) in [7, 11) is 0. The minimum absolute atomic E-state index is 0.148. The number of nitrogens with one attached hydrogen (secondary N) is 2. The molecule has 2 heterocycles. The molecular weight excluding hydrogens is 439 g/mol. The molecule has 3 amide bonds. The number of rotatable bonds is 6. The summed E-state index contributed by atoms with van der Waals surface area (Å²) < 4.78 is 38.4. The smallest absolute Gasteiger partial charge is 0.336 e. The summed E-state index contributed by atoms with van der Waals surface area (Å²) in [4.78, 5) is 42.9. The molecule has 0 aromatic carbocycles. The van der Waals surface area contributed by atoms with Crippen LogP contribution in [0.25, 0.3) is 0 Å². The molecule has 33 heavy (non-hydrogen) atoms. The van der Waals surface area contributed by atoms with E-state index < -0.39 is 47.4 Å². The van der Waals surface area contributed by atoms with Crippen LogP contribution in [0, 0.1) is 16.7 Å². The Morgan fingerprint density at radius 2 is 1.91 bits per heavy atom. The summed E-state index contributed by atoms with van der Waals surface area (Å²) in [5.74, 6) is -3.59. The van der Waals surface area contributed by atoms with E-state index in [0.717, 1.165) is 5.56 Å². The molecule has 2 unspecified atom stereocenters. The van der Waals surface area contributed by atoms with Gasteiger partial charge in [-0.3, -0.25) is 19.4 Å². The highest BCUT2D eigenvalue weighted by Gasteiger charge is 2.46. The van der Waals surface area contributed by atoms with Crippen LogP contribution in [0.5, 0.6) is 0 Å². The second-order valence-corrected chi connectivity index (χ2v) is 9.01. The second kappa shape index (κ2) is 10.2. The van der Waals surface area contributed by atoms with E-state index >= 15 is 0 Å². The third kappa shape index (κ3) is 6.43. The number of carbonyl (C=O) groups is 3. The maximum atomic E-state index is 13.2. The average molecular weight is 467 g/mol. The number of aromatic nitrogens is 1. The highest BCUT2D eigenvalue weighted by atomic mass is 19.4. The first kappa shape index (κ1) is 26.1. The van der Waals surface area contributed by atoms with Crippen molar-refractivity contribution in [1.29, 1.82) is 5.26 Å². The van der Waals surface area contributed by atoms with Crippen molar-refractivity contribution in [2.75, 3.05) is 6.54 Å². The van der Waals surface area contributed by atoms with Crippen molar-refractivity contribution in [3.05, 3.63) is 29.6 Å². The molecular formula is C22H28F3N5O3. The number of aryl methyl sites for hydroxylation is 1. The number of alkyl halides is 3. The molecule has 1 aliphatic heterocycles. The first-order valence-corrected chi connectivity index (χ1v) is 10.6. The van der Waals surface area contributed by atoms with Crippen molar-refractivity contribution in [2.24, 2.45) is 5.41 Å². The molecule has 1 saturated heterocycles. The van der Waals surface area contributed by atoms with Gasteiger partial charge in [-0.15, -0.1) is 0 Å². The van der Waals surface area contributed by atoms with Crippen LogP contribution in [-0.4, -0.2) is 52.4 Å². The van der Waals surface area contributed by atoms with Gasteiger partial charge in [-0.1, -0.05) is 27.7 Å². The van der Waals surface area contributed by atoms with Crippen LogP contribution in [0.2, 0.25) is 0 Å². The summed E-state index contributed by atoms with van der Waals surface area (Å²) in [5.41, 5.74) is 0.336. The zero-order chi connectivity index (χ0) is 25.0. The fourth-order valence-corrected chi connectivity index (χ4v) is 3.62. The van der Waals surface area contributed by atoms with Crippen LogP contribution < -0.4 is 10.6 Å². The van der Waals surface area contributed by atoms with Crippen molar-refractivity contribution in [1.82, 2.24) is 20.5 Å². The molecule has 1 aliphatic rings. The molecule has 2 N–H and O–H groups in total. The molecule has 1 fully saturated rings. The fraction of sp³-hybridized carbons (Fsp3) is 0.591. The van der Waals surface area contributed by atoms with Crippen molar-refractivity contribution in [3.63, 3.8) is 0 Å². The zero-order valence-corrected chi connectivity index (χ0v) is 19.0. The molecule has 0 saturated carbocycles. The van der Waals surface area contributed by atoms with Crippen molar-refractivity contribution in [2.45, 2.75) is 71.3 Å². The zero-order valence-electron chi connectivity index (χ0n) is 19.0. The van der Waals surface area contributed by atoms with Gasteiger partial charge in [-0.25, -0.2) is 0 Å². The van der Waals surface area contributed by atoms with E-state index in [9.17, 15) is 32.8 Å². The lowest BCUT2D eigenvalue weighted by Gasteiger charge is -2.35. The summed E-state index contributed by atoms with van der Waals surface area (Å²) in [6.45, 7) is 6.64. The monoisotopic (exact) mass is 467 g/mol. The number of pyridine rings is 1. The molecule has 0 bridgehead atoms. The molecule has 2 rings (SSSR count). The van der Waals surface area contributed by atoms with Gasteiger partial charge < -0.3 is 15.5 Å². The molecule has 11 heteroatoms. The third-order valence-corrected chi connectivity index (χ3v) is 5.46. The minimum atomic E-state index is -5.15. The standard InChI is InChI=1S/C22H28F3N5O3/c1-5-13-9-14(12-27-11-13)15(10-26)28-18(31)16-7-6-8-30(16)19(32)17(21(2,3)4)29-20(33)22(23,24)25/h9,11-12,15-17H,5-8H2,1-4H3,(H,28,31)(H,29,33)/t15?,16?,17-/m1/s1. The lowest BCUT2D eigenvalue weighted by molar-refractivity contribution is -0.176. The van der Waals surface area contributed by atoms with Crippen molar-refractivity contribution < 1.29 is 27.6 Å². The number of likely N-dealkylation sites (tertiary alicyclic amines) is 1. The lowest BCUT2D eigenvalue weighted by Crippen LogP contribution is -2.59. The van der Waals surface area contributed by atoms with Gasteiger partial charge in [-0.2, -0.15) is 18.4 Å². The Balaban J connectivity index is 2.21. The van der Waals surface area contributed by atoms with Gasteiger partial charge in [0.15, 0.2) is 0 Å². The van der Waals surface area contributed by atoms with E-state index in [1.165, 1.54) is 31.9 Å². The average Bonchev–Trinajstić information content (AvgIpc) is 3.23. The SMILES string of the molecule is CCc1cncc(C(C#N)NC(=O)C2CCCN2C(=O)[C@@H](NC(=O)C(F)(F)F)C(C)(C)C)c1. The normalized spacial score (nSPS) is 18.2. The number of carbonyl (C=O) groups excluding carboxylic acids is 3. The van der Waals surface area contributed by atoms with Crippen LogP contribution in [0.3, 0.4) is 0 Å². The van der Waals surface area contributed by atoms with E-state index in [0.29, 0.717) is 18.4 Å². The molecule has 8 nitrogen and oxygen atoms in total. The highest BCUT2D eigenvalue weighted by Crippen LogP contribution is 2.27. The van der Waals surface area contributed by atoms with Crippen LogP contribution >= 0.6 is 0 Å². The highest BCUT2D eigenvalue weighted by molar-refractivity contribution is 5.94. The van der Waals surface area contributed by atoms with E-state index in [1.807, 2.05) is 13.0 Å². The molecule has 1 aromatic heterocycles. The van der Waals surface area contributed by atoms with Crippen LogP contribution in [0.4, 0.5) is 13.2 Å². The first-order chi connectivity index (χ1) is 15.3. The second-order valence-electron chi connectivity index (χ2n) is 9.01. The van der Waals surface area contributed by atoms with Crippen molar-refractivity contribution >= 4 is 17.7 Å². The summed E-state index contributed by atoms with van der Waals surface area (Å²) in [5, 5.41) is 13.9. The van der Waals surface area contributed by atoms with Gasteiger partial charge in [0.1, 0.15) is 18.1 Å². The molecule has 0 aliphatic carbocycles. The molecule has 1 aromatic rings. The van der Waals surface area contributed by atoms with Gasteiger partial charge in [0.05, 0.1) is 6.07 Å². The number of nitriles is 1. The van der Waals surface area contributed by atoms with E-state index in [4.69, 9.17) is 0 Å². The summed E-state index contributed by atoms with van der Waals surface area (Å²) in [6, 6.07) is 0.291. The van der Waals surface area contributed by atoms with E-state index in [-0.39, 0.29) is 13.0 Å². The number of amides is 3. The number of nitrogens with zero attached hydrogens (tertiary/aromatic N) is 3. The van der Waals surface area contributed by atoms with Gasteiger partial charge >= 0.3 is 12.1 Å². The Hall–Kier alpha value is -3.16. The maximum absolute atomic E-state index is 13.2. The van der Waals surface area contributed by atoms with Gasteiger partial charge in [0, 0.05) is 24.5 Å². The van der Waals surface area contributed by atoms with Gasteiger partial charge in [0.2, 0.25) is 11.8 Å². The Labute approximate surface area is 190 Å². The van der Waals surface area contributed by atoms with E-state index in [1.54, 1.807) is 17.6 Å². The number of hydrogen-bond donors (Lipinski definition) is 2. The van der Waals surface area contributed by atoms with Crippen molar-refractivity contribution in [3.8, 4) is 6.07 Å². The number of hydrogen-bond acceptors (Lipinski definition) is 5. The molecule has 0 spiro atoms. The lowest BCUT2D eigenvalue weighted by atomic mass is 9.85. The van der Waals surface area contributed by atoms with Crippen LogP contribution in [0.15, 0.2) is 18.5 Å². The molecule has 180 valence electrons. The Morgan fingerprint density at radius 1 is 1.24 bits per heavy atom. The summed E-state index contributed by atoms with van der Waals surface area (Å²) in [6.07, 6.45) is -0.598. The predicted octanol–water partition coefficient (Wildman–Crippen LogP) is 2.41. The molecule has 0 radical (unpaired) electrons. The minimum Gasteiger partial charge on any atom is -0.336 e.